The van der Waals surface area contributed by atoms with Crippen LogP contribution in [0, 0.1) is 11.6 Å². The number of urea groups is 1. The van der Waals surface area contributed by atoms with E-state index in [4.69, 9.17) is 0 Å². The van der Waals surface area contributed by atoms with Crippen LogP contribution in [-0.2, 0) is 13.0 Å². The normalized spacial score (nSPS) is 13.2. The zero-order valence-electron chi connectivity index (χ0n) is 16.4. The van der Waals surface area contributed by atoms with Gasteiger partial charge in [-0.25, -0.2) is 18.3 Å². The van der Waals surface area contributed by atoms with Crippen LogP contribution >= 0.6 is 11.9 Å². The summed E-state index contributed by atoms with van der Waals surface area (Å²) >= 11 is 1.32. The van der Waals surface area contributed by atoms with E-state index in [1.54, 1.807) is 47.1 Å². The fourth-order valence-corrected chi connectivity index (χ4v) is 4.02. The lowest BCUT2D eigenvalue weighted by Gasteiger charge is -2.27. The molecule has 0 fully saturated rings. The number of nitrogens with one attached hydrogen (secondary N) is 2. The van der Waals surface area contributed by atoms with E-state index < -0.39 is 0 Å². The summed E-state index contributed by atoms with van der Waals surface area (Å²) in [5, 5.41) is 7.19. The smallest absolute Gasteiger partial charge is 0.322 e. The van der Waals surface area contributed by atoms with Crippen LogP contribution in [0.15, 0.2) is 53.6 Å². The number of hydrogen-bond donors (Lipinski definition) is 2. The number of anilines is 1. The van der Waals surface area contributed by atoms with Gasteiger partial charge in [0.05, 0.1) is 23.3 Å². The summed E-state index contributed by atoms with van der Waals surface area (Å²) in [5.74, 6) is -0.676. The van der Waals surface area contributed by atoms with E-state index in [-0.39, 0.29) is 24.2 Å². The topological polar surface area (TPSA) is 62.2 Å². The third-order valence-corrected chi connectivity index (χ3v) is 5.62. The van der Waals surface area contributed by atoms with Gasteiger partial charge in [-0.15, -0.1) is 0 Å². The predicted octanol–water partition coefficient (Wildman–Crippen LogP) is 4.04. The van der Waals surface area contributed by atoms with Crippen LogP contribution in [0.2, 0.25) is 0 Å². The zero-order valence-corrected chi connectivity index (χ0v) is 17.2. The number of carbonyl (C=O) groups is 1. The van der Waals surface area contributed by atoms with Crippen molar-refractivity contribution in [2.45, 2.75) is 24.3 Å². The van der Waals surface area contributed by atoms with Crippen molar-refractivity contribution in [1.29, 1.82) is 0 Å². The maximum atomic E-state index is 14.3. The molecule has 0 saturated heterocycles. The summed E-state index contributed by atoms with van der Waals surface area (Å²) in [4.78, 5) is 15.2. The molecule has 156 valence electrons. The van der Waals surface area contributed by atoms with Crippen LogP contribution < -0.4 is 14.9 Å². The number of aromatic nitrogens is 2. The molecule has 3 aromatic rings. The molecule has 2 amide bonds. The Morgan fingerprint density at radius 1 is 1.20 bits per heavy atom. The summed E-state index contributed by atoms with van der Waals surface area (Å²) in [6, 6.07) is 10.7. The summed E-state index contributed by atoms with van der Waals surface area (Å²) in [5.41, 5.74) is 2.76. The number of carbonyl (C=O) groups excluding carboxylic acids is 1. The lowest BCUT2D eigenvalue weighted by Crippen LogP contribution is -2.42. The number of hydrogen-bond acceptors (Lipinski definition) is 4. The van der Waals surface area contributed by atoms with E-state index in [2.05, 4.69) is 15.1 Å². The highest BCUT2D eigenvalue weighted by Crippen LogP contribution is 2.29. The Morgan fingerprint density at radius 2 is 2.00 bits per heavy atom. The molecule has 0 bridgehead atoms. The quantitative estimate of drug-likeness (QED) is 0.601. The Labute approximate surface area is 177 Å². The summed E-state index contributed by atoms with van der Waals surface area (Å²) in [7, 11) is 1.77. The molecule has 1 aromatic heterocycles. The van der Waals surface area contributed by atoms with Gasteiger partial charge in [-0.3, -0.25) is 9.62 Å². The fraction of sp³-hybridized carbons (Fsp3) is 0.238. The molecular weight excluding hydrogens is 408 g/mol. The minimum absolute atomic E-state index is 0.0904. The molecule has 0 spiro atoms. The van der Waals surface area contributed by atoms with Crippen LogP contribution in [0.1, 0.15) is 17.7 Å². The SMILES string of the molecule is CNSc1ccc(CNC(=O)N2CCCc3c2cnn3-c2ccc(F)cc2)c(F)c1. The van der Waals surface area contributed by atoms with Crippen molar-refractivity contribution in [3.63, 3.8) is 0 Å². The third kappa shape index (κ3) is 4.17. The van der Waals surface area contributed by atoms with Crippen LogP contribution in [0.3, 0.4) is 0 Å². The van der Waals surface area contributed by atoms with Gasteiger partial charge in [0, 0.05) is 23.5 Å². The monoisotopic (exact) mass is 429 g/mol. The van der Waals surface area contributed by atoms with Gasteiger partial charge < -0.3 is 5.32 Å². The average molecular weight is 429 g/mol. The first-order valence-corrected chi connectivity index (χ1v) is 10.4. The van der Waals surface area contributed by atoms with Crippen molar-refractivity contribution in [1.82, 2.24) is 19.8 Å². The molecule has 1 aliphatic rings. The molecule has 9 heteroatoms. The van der Waals surface area contributed by atoms with Gasteiger partial charge in [0.2, 0.25) is 0 Å². The van der Waals surface area contributed by atoms with Gasteiger partial charge >= 0.3 is 6.03 Å². The van der Waals surface area contributed by atoms with Gasteiger partial charge in [-0.05, 0) is 68.2 Å². The molecule has 0 atom stereocenters. The van der Waals surface area contributed by atoms with Crippen molar-refractivity contribution in [2.24, 2.45) is 0 Å². The fourth-order valence-electron chi connectivity index (χ4n) is 3.48. The van der Waals surface area contributed by atoms with Crippen molar-refractivity contribution in [3.05, 3.63) is 71.6 Å². The van der Waals surface area contributed by atoms with Crippen molar-refractivity contribution < 1.29 is 13.6 Å². The second-order valence-corrected chi connectivity index (χ2v) is 7.92. The lowest BCUT2D eigenvalue weighted by atomic mass is 10.1. The van der Waals surface area contributed by atoms with Gasteiger partial charge in [0.1, 0.15) is 11.6 Å². The van der Waals surface area contributed by atoms with E-state index in [1.165, 1.54) is 30.1 Å². The molecule has 2 heterocycles. The molecule has 30 heavy (non-hydrogen) atoms. The minimum Gasteiger partial charge on any atom is -0.334 e. The molecule has 0 unspecified atom stereocenters. The second kappa shape index (κ2) is 8.85. The summed E-state index contributed by atoms with van der Waals surface area (Å²) < 4.78 is 32.1. The van der Waals surface area contributed by atoms with Crippen LogP contribution in [0.5, 0.6) is 0 Å². The van der Waals surface area contributed by atoms with Crippen LogP contribution in [0.25, 0.3) is 5.69 Å². The third-order valence-electron chi connectivity index (χ3n) is 4.92. The summed E-state index contributed by atoms with van der Waals surface area (Å²) in [6.45, 7) is 0.640. The highest BCUT2D eigenvalue weighted by atomic mass is 32.2. The standard InChI is InChI=1S/C21H21F2N5OS/c1-24-30-17-9-4-14(18(23)11-17)12-25-21(29)27-10-2-3-19-20(27)13-26-28(19)16-7-5-15(22)6-8-16/h4-9,11,13,24H,2-3,10,12H2,1H3,(H,25,29). The molecule has 0 aliphatic carbocycles. The minimum atomic E-state index is -0.362. The van der Waals surface area contributed by atoms with Gasteiger partial charge in [0.15, 0.2) is 0 Å². The number of halogens is 2. The number of amides is 2. The number of benzene rings is 2. The van der Waals surface area contributed by atoms with Crippen molar-refractivity contribution in [3.8, 4) is 5.69 Å². The van der Waals surface area contributed by atoms with Crippen LogP contribution in [-0.4, -0.2) is 29.4 Å². The van der Waals surface area contributed by atoms with Crippen molar-refractivity contribution >= 4 is 23.7 Å². The number of nitrogens with zero attached hydrogens (tertiary/aromatic N) is 3. The molecule has 4 rings (SSSR count). The number of fused-ring (bicyclic) bond motifs is 1. The van der Waals surface area contributed by atoms with E-state index in [9.17, 15) is 13.6 Å². The highest BCUT2D eigenvalue weighted by Gasteiger charge is 2.26. The van der Waals surface area contributed by atoms with Crippen LogP contribution in [0.4, 0.5) is 19.3 Å². The Balaban J connectivity index is 1.48. The average Bonchev–Trinajstić information content (AvgIpc) is 3.18. The van der Waals surface area contributed by atoms with E-state index in [1.807, 2.05) is 0 Å². The number of rotatable bonds is 5. The Bertz CT molecular complexity index is 1050. The van der Waals surface area contributed by atoms with Gasteiger partial charge in [-0.1, -0.05) is 6.07 Å². The van der Waals surface area contributed by atoms with Gasteiger partial charge in [0.25, 0.3) is 0 Å². The van der Waals surface area contributed by atoms with Crippen molar-refractivity contribution in [2.75, 3.05) is 18.5 Å². The van der Waals surface area contributed by atoms with Gasteiger partial charge in [-0.2, -0.15) is 5.10 Å². The molecule has 0 saturated carbocycles. The van der Waals surface area contributed by atoms with E-state index in [0.29, 0.717) is 17.8 Å². The highest BCUT2D eigenvalue weighted by molar-refractivity contribution is 7.97. The molecule has 6 nitrogen and oxygen atoms in total. The zero-order chi connectivity index (χ0) is 21.1. The second-order valence-electron chi connectivity index (χ2n) is 6.84. The molecule has 0 radical (unpaired) electrons. The Kier molecular flexibility index (Phi) is 6.01. The first-order valence-electron chi connectivity index (χ1n) is 9.57. The molecule has 2 N–H and O–H groups in total. The van der Waals surface area contributed by atoms with E-state index >= 15 is 0 Å². The summed E-state index contributed by atoms with van der Waals surface area (Å²) in [6.07, 6.45) is 3.18. The first-order chi connectivity index (χ1) is 14.6. The Morgan fingerprint density at radius 3 is 2.73 bits per heavy atom. The predicted molar refractivity (Wildman–Crippen MR) is 113 cm³/mol. The maximum Gasteiger partial charge on any atom is 0.322 e. The van der Waals surface area contributed by atoms with E-state index in [0.717, 1.165) is 29.1 Å². The first kappa shape index (κ1) is 20.4. The molecular formula is C21H21F2N5OS. The maximum absolute atomic E-state index is 14.3. The lowest BCUT2D eigenvalue weighted by molar-refractivity contribution is 0.245. The Hall–Kier alpha value is -2.91. The largest absolute Gasteiger partial charge is 0.334 e. The molecule has 1 aliphatic heterocycles. The molecule has 2 aromatic carbocycles.